The third-order valence-corrected chi connectivity index (χ3v) is 10.6. The summed E-state index contributed by atoms with van der Waals surface area (Å²) >= 11 is 0. The summed E-state index contributed by atoms with van der Waals surface area (Å²) in [5, 5.41) is 0. The fourth-order valence-electron chi connectivity index (χ4n) is 7.41. The first kappa shape index (κ1) is 40.8. The quantitative estimate of drug-likeness (QED) is 0.0695. The Morgan fingerprint density at radius 2 is 1.49 bits per heavy atom. The smallest absolute Gasteiger partial charge is 0.214 e. The lowest BCUT2D eigenvalue weighted by atomic mass is 9.96. The predicted molar refractivity (Wildman–Crippen MR) is 230 cm³/mol. The van der Waals surface area contributed by atoms with Crippen molar-refractivity contribution in [3.63, 3.8) is 0 Å². The molecule has 2 atom stereocenters. The minimum atomic E-state index is -0.111. The lowest BCUT2D eigenvalue weighted by Gasteiger charge is -2.16. The molecular formula is C47H61N5O. The van der Waals surface area contributed by atoms with E-state index in [1.165, 1.54) is 33.4 Å². The zero-order chi connectivity index (χ0) is 37.2. The monoisotopic (exact) mass is 711 g/mol. The zero-order valence-electron chi connectivity index (χ0n) is 32.2. The lowest BCUT2D eigenvalue weighted by molar-refractivity contribution is -0.116. The normalized spacial score (nSPS) is 17.4. The van der Waals surface area contributed by atoms with Gasteiger partial charge in [0.2, 0.25) is 6.41 Å². The Hall–Kier alpha value is -4.97. The number of allylic oxidation sites excluding steroid dienone is 2. The molecule has 0 aliphatic carbocycles. The summed E-state index contributed by atoms with van der Waals surface area (Å²) in [7, 11) is 2.15. The number of rotatable bonds is 16. The summed E-state index contributed by atoms with van der Waals surface area (Å²) in [6.07, 6.45) is 22.7. The van der Waals surface area contributed by atoms with Gasteiger partial charge in [-0.15, -0.1) is 0 Å². The maximum Gasteiger partial charge on any atom is 0.214 e. The van der Waals surface area contributed by atoms with E-state index >= 15 is 0 Å². The molecule has 0 fully saturated rings. The molecule has 0 spiro atoms. The molecule has 0 bridgehead atoms. The Morgan fingerprint density at radius 1 is 0.849 bits per heavy atom. The van der Waals surface area contributed by atoms with E-state index in [-0.39, 0.29) is 19.5 Å². The van der Waals surface area contributed by atoms with Crippen LogP contribution in [0.1, 0.15) is 105 Å². The number of carbonyl (C=O) groups excluding carboxylic acids is 1. The highest BCUT2D eigenvalue weighted by Gasteiger charge is 2.24. The first-order valence-electron chi connectivity index (χ1n) is 19.0. The van der Waals surface area contributed by atoms with Crippen molar-refractivity contribution in [3.05, 3.63) is 124 Å². The maximum absolute atomic E-state index is 11.9. The van der Waals surface area contributed by atoms with Crippen LogP contribution in [-0.2, 0) is 17.6 Å². The molecule has 0 aromatic heterocycles. The highest BCUT2D eigenvalue weighted by atomic mass is 16.1. The van der Waals surface area contributed by atoms with Gasteiger partial charge in [0.25, 0.3) is 0 Å². The molecule has 2 aliphatic heterocycles. The number of hydrogen-bond donors (Lipinski definition) is 1. The lowest BCUT2D eigenvalue weighted by Crippen LogP contribution is -2.26. The van der Waals surface area contributed by atoms with E-state index in [0.29, 0.717) is 0 Å². The van der Waals surface area contributed by atoms with Gasteiger partial charge in [-0.2, -0.15) is 0 Å². The third kappa shape index (κ3) is 10.3. The van der Waals surface area contributed by atoms with Crippen molar-refractivity contribution in [1.29, 1.82) is 0 Å². The molecule has 3 aromatic rings. The van der Waals surface area contributed by atoms with E-state index in [1.807, 2.05) is 42.8 Å². The molecule has 280 valence electrons. The van der Waals surface area contributed by atoms with Gasteiger partial charge in [-0.1, -0.05) is 64.6 Å². The van der Waals surface area contributed by atoms with Crippen LogP contribution in [0.5, 0.6) is 0 Å². The number of benzene rings is 3. The second kappa shape index (κ2) is 19.2. The number of hydrogen-bond acceptors (Lipinski definition) is 5. The maximum atomic E-state index is 11.9. The molecule has 5 rings (SSSR count). The molecule has 6 heteroatoms. The van der Waals surface area contributed by atoms with E-state index in [4.69, 9.17) is 15.7 Å². The summed E-state index contributed by atoms with van der Waals surface area (Å²) in [4.78, 5) is 25.8. The second-order valence-electron chi connectivity index (χ2n) is 14.4. The highest BCUT2D eigenvalue weighted by Crippen LogP contribution is 2.32. The summed E-state index contributed by atoms with van der Waals surface area (Å²) in [6, 6.07) is 16.9. The van der Waals surface area contributed by atoms with E-state index in [0.717, 1.165) is 104 Å². The van der Waals surface area contributed by atoms with Crippen molar-refractivity contribution in [3.8, 4) is 0 Å². The average molecular weight is 712 g/mol. The molecule has 0 radical (unpaired) electrons. The summed E-state index contributed by atoms with van der Waals surface area (Å²) in [5.41, 5.74) is 21.2. The number of carbonyl (C=O) groups is 1. The van der Waals surface area contributed by atoms with E-state index in [9.17, 15) is 4.79 Å². The minimum absolute atomic E-state index is 0. The molecule has 3 aromatic carbocycles. The molecule has 2 N–H and O–H groups in total. The van der Waals surface area contributed by atoms with Crippen LogP contribution in [0.2, 0.25) is 0 Å². The van der Waals surface area contributed by atoms with Crippen LogP contribution in [0.15, 0.2) is 94.7 Å². The van der Waals surface area contributed by atoms with Crippen LogP contribution in [0.25, 0.3) is 11.6 Å². The fraction of sp³-hybridized carbons (Fsp3) is 0.383. The first-order chi connectivity index (χ1) is 25.1. The number of nitrogens with zero attached hydrogens (tertiary/aromatic N) is 4. The zero-order valence-corrected chi connectivity index (χ0v) is 32.2. The Morgan fingerprint density at radius 3 is 2.13 bits per heavy atom. The molecule has 2 heterocycles. The first-order valence-corrected chi connectivity index (χ1v) is 19.0. The molecule has 53 heavy (non-hydrogen) atoms. The molecular weight excluding hydrogens is 651 g/mol. The van der Waals surface area contributed by atoms with Crippen molar-refractivity contribution in [1.82, 2.24) is 9.80 Å². The number of aliphatic imine (C=N–C) groups is 2. The third-order valence-electron chi connectivity index (χ3n) is 10.6. The van der Waals surface area contributed by atoms with Crippen LogP contribution in [0.3, 0.4) is 0 Å². The van der Waals surface area contributed by atoms with E-state index < -0.39 is 0 Å². The predicted octanol–water partition coefficient (Wildman–Crippen LogP) is 11.4. The van der Waals surface area contributed by atoms with Gasteiger partial charge in [-0.3, -0.25) is 14.8 Å². The van der Waals surface area contributed by atoms with Gasteiger partial charge in [0.1, 0.15) is 0 Å². The SMILES string of the molecule is C.C=Cc1cc(C)c(CCCCCc2cc(N=CC3CC(c4ccc(N)cc4)=CN3C=O)c(C)cc2C)cc1N=CC1CC(/C(=C/CC)CC)=CN1C. The number of unbranched alkanes of at least 4 members (excludes halogenated alkanes) is 2. The van der Waals surface area contributed by atoms with Crippen molar-refractivity contribution in [2.45, 2.75) is 112 Å². The Balaban J connectivity index is 0.00000627. The van der Waals surface area contributed by atoms with Crippen LogP contribution in [-0.4, -0.2) is 47.8 Å². The molecule has 0 saturated heterocycles. The fourth-order valence-corrected chi connectivity index (χ4v) is 7.41. The van der Waals surface area contributed by atoms with Gasteiger partial charge in [0, 0.05) is 44.0 Å². The van der Waals surface area contributed by atoms with Crippen molar-refractivity contribution in [2.24, 2.45) is 9.98 Å². The summed E-state index contributed by atoms with van der Waals surface area (Å²) in [6.45, 7) is 15.0. The van der Waals surface area contributed by atoms with E-state index in [2.05, 4.69) is 95.9 Å². The molecule has 6 nitrogen and oxygen atoms in total. The van der Waals surface area contributed by atoms with Gasteiger partial charge in [0.15, 0.2) is 0 Å². The number of amides is 1. The van der Waals surface area contributed by atoms with Gasteiger partial charge >= 0.3 is 0 Å². The highest BCUT2D eigenvalue weighted by molar-refractivity contribution is 5.82. The Bertz CT molecular complexity index is 1890. The van der Waals surface area contributed by atoms with Crippen LogP contribution in [0, 0.1) is 20.8 Å². The number of aryl methyl sites for hydroxylation is 5. The van der Waals surface area contributed by atoms with Crippen LogP contribution in [0.4, 0.5) is 17.1 Å². The van der Waals surface area contributed by atoms with Crippen molar-refractivity contribution >= 4 is 47.6 Å². The Labute approximate surface area is 319 Å². The molecule has 0 saturated carbocycles. The van der Waals surface area contributed by atoms with Gasteiger partial charge in [-0.25, -0.2) is 0 Å². The van der Waals surface area contributed by atoms with E-state index in [1.54, 1.807) is 4.90 Å². The Kier molecular flexibility index (Phi) is 14.8. The minimum Gasteiger partial charge on any atom is -0.399 e. The van der Waals surface area contributed by atoms with Crippen molar-refractivity contribution < 1.29 is 4.79 Å². The summed E-state index contributed by atoms with van der Waals surface area (Å²) in [5.74, 6) is 0. The van der Waals surface area contributed by atoms with Crippen LogP contribution < -0.4 is 5.73 Å². The molecule has 1 amide bonds. The number of anilines is 1. The topological polar surface area (TPSA) is 74.3 Å². The van der Waals surface area contributed by atoms with Crippen LogP contribution >= 0.6 is 0 Å². The van der Waals surface area contributed by atoms with Crippen molar-refractivity contribution in [2.75, 3.05) is 12.8 Å². The molecule has 2 aliphatic rings. The number of nitrogen functional groups attached to an aromatic ring is 1. The van der Waals surface area contributed by atoms with Gasteiger partial charge in [0.05, 0.1) is 23.5 Å². The molecule has 2 unspecified atom stereocenters. The van der Waals surface area contributed by atoms with Gasteiger partial charge in [-0.05, 0) is 152 Å². The largest absolute Gasteiger partial charge is 0.399 e. The summed E-state index contributed by atoms with van der Waals surface area (Å²) < 4.78 is 0. The van der Waals surface area contributed by atoms with Gasteiger partial charge < -0.3 is 15.5 Å². The second-order valence-corrected chi connectivity index (χ2v) is 14.4. The number of nitrogens with two attached hydrogens (primary N) is 1. The average Bonchev–Trinajstić information content (AvgIpc) is 3.73. The standard InChI is InChI=1S/C46H57N5O.CH4/c1-8-14-35(9-2)40-23-43(50(7)29-40)27-49-46-26-39(33(5)22-36(46)10-3)16-13-11-12-15-38-25-45(34(6)21-32(38)4)48-28-44-24-41(30-51(44)31-52)37-17-19-42(47)20-18-37;/h10,14,17-22,25-31,43-44H,3,8-9,11-13,15-16,23-24,47H2,1-2,4-7H3;1H4/b35-14+,48-28?,49-27?;.